The van der Waals surface area contributed by atoms with E-state index >= 15 is 0 Å². The van der Waals surface area contributed by atoms with Crippen molar-refractivity contribution < 1.29 is 17.9 Å². The zero-order valence-corrected chi connectivity index (χ0v) is 10.5. The van der Waals surface area contributed by atoms with E-state index in [1.807, 2.05) is 0 Å². The number of H-pyrrole nitrogens is 1. The van der Waals surface area contributed by atoms with Gasteiger partial charge in [0.2, 0.25) is 10.0 Å². The molecule has 0 aliphatic heterocycles. The van der Waals surface area contributed by atoms with Crippen LogP contribution in [0.25, 0.3) is 0 Å². The fourth-order valence-electron chi connectivity index (χ4n) is 1.24. The van der Waals surface area contributed by atoms with Crippen LogP contribution < -0.4 is 4.72 Å². The monoisotopic (exact) mass is 261 g/mol. The molecule has 2 N–H and O–H groups in total. The van der Waals surface area contributed by atoms with Gasteiger partial charge in [-0.2, -0.15) is 0 Å². The Balaban J connectivity index is 2.58. The van der Waals surface area contributed by atoms with Gasteiger partial charge >= 0.3 is 5.97 Å². The summed E-state index contributed by atoms with van der Waals surface area (Å²) in [5, 5.41) is 0. The largest absolute Gasteiger partial charge is 0.465 e. The van der Waals surface area contributed by atoms with Gasteiger partial charge in [0.05, 0.1) is 12.6 Å². The first-order valence-corrected chi connectivity index (χ1v) is 6.74. The van der Waals surface area contributed by atoms with Gasteiger partial charge < -0.3 is 9.72 Å². The predicted molar refractivity (Wildman–Crippen MR) is 60.6 cm³/mol. The molecule has 0 radical (unpaired) electrons. The normalized spacial score (nSPS) is 13.3. The standard InChI is InChI=1S/C9H15N3O4S/c1-3-16-8(13)6-17(14,15)12-7(2)9-10-4-5-11-9/h4-5,7,12H,3,6H2,1-2H3,(H,10,11). The molecule has 7 nitrogen and oxygen atoms in total. The maximum absolute atomic E-state index is 11.6. The number of hydrogen-bond acceptors (Lipinski definition) is 5. The van der Waals surface area contributed by atoms with Gasteiger partial charge in [0.25, 0.3) is 0 Å². The van der Waals surface area contributed by atoms with Crippen molar-refractivity contribution >= 4 is 16.0 Å². The van der Waals surface area contributed by atoms with Crippen LogP contribution in [0.1, 0.15) is 25.7 Å². The highest BCUT2D eigenvalue weighted by atomic mass is 32.2. The second-order valence-electron chi connectivity index (χ2n) is 3.38. The van der Waals surface area contributed by atoms with E-state index in [9.17, 15) is 13.2 Å². The number of carbonyl (C=O) groups excluding carboxylic acids is 1. The molecule has 0 amide bonds. The third kappa shape index (κ3) is 4.53. The first-order valence-electron chi connectivity index (χ1n) is 5.09. The highest BCUT2D eigenvalue weighted by Crippen LogP contribution is 2.07. The Labute approximate surface area is 99.6 Å². The summed E-state index contributed by atoms with van der Waals surface area (Å²) in [7, 11) is -3.71. The fourth-order valence-corrected chi connectivity index (χ4v) is 2.37. The average Bonchev–Trinajstić information content (AvgIpc) is 2.68. The van der Waals surface area contributed by atoms with E-state index in [1.54, 1.807) is 20.0 Å². The van der Waals surface area contributed by atoms with Gasteiger partial charge in [0, 0.05) is 12.4 Å². The Kier molecular flexibility index (Phi) is 4.64. The number of ether oxygens (including phenoxy) is 1. The lowest BCUT2D eigenvalue weighted by atomic mass is 10.3. The second kappa shape index (κ2) is 5.78. The molecule has 0 aliphatic rings. The molecular weight excluding hydrogens is 246 g/mol. The molecule has 1 aromatic rings. The van der Waals surface area contributed by atoms with E-state index in [0.717, 1.165) is 0 Å². The number of rotatable bonds is 6. The summed E-state index contributed by atoms with van der Waals surface area (Å²) in [6.07, 6.45) is 3.11. The number of carbonyl (C=O) groups is 1. The molecule has 0 fully saturated rings. The Bertz CT molecular complexity index is 455. The van der Waals surface area contributed by atoms with Crippen molar-refractivity contribution in [3.05, 3.63) is 18.2 Å². The van der Waals surface area contributed by atoms with E-state index in [1.165, 1.54) is 6.20 Å². The summed E-state index contributed by atoms with van der Waals surface area (Å²) in [4.78, 5) is 17.8. The van der Waals surface area contributed by atoms with Crippen LogP contribution in [0, 0.1) is 0 Å². The maximum atomic E-state index is 11.6. The van der Waals surface area contributed by atoms with E-state index in [-0.39, 0.29) is 6.61 Å². The molecule has 96 valence electrons. The molecule has 0 spiro atoms. The molecular formula is C9H15N3O4S. The summed E-state index contributed by atoms with van der Waals surface area (Å²) in [6, 6.07) is -0.524. The number of aromatic nitrogens is 2. The van der Waals surface area contributed by atoms with Crippen molar-refractivity contribution in [2.45, 2.75) is 19.9 Å². The van der Waals surface area contributed by atoms with Gasteiger partial charge in [-0.1, -0.05) is 0 Å². The minimum Gasteiger partial charge on any atom is -0.465 e. The quantitative estimate of drug-likeness (QED) is 0.699. The Morgan fingerprint density at radius 1 is 1.65 bits per heavy atom. The van der Waals surface area contributed by atoms with Crippen LogP contribution in [0.4, 0.5) is 0 Å². The van der Waals surface area contributed by atoms with Gasteiger partial charge in [-0.15, -0.1) is 0 Å². The van der Waals surface area contributed by atoms with Crippen molar-refractivity contribution in [2.75, 3.05) is 12.4 Å². The second-order valence-corrected chi connectivity index (χ2v) is 5.13. The predicted octanol–water partition coefficient (Wildman–Crippen LogP) is -0.0468. The average molecular weight is 261 g/mol. The molecule has 0 aliphatic carbocycles. The topological polar surface area (TPSA) is 101 Å². The smallest absolute Gasteiger partial charge is 0.322 e. The summed E-state index contributed by atoms with van der Waals surface area (Å²) in [5.41, 5.74) is 0. The summed E-state index contributed by atoms with van der Waals surface area (Å²) in [5.74, 6) is -0.976. The van der Waals surface area contributed by atoms with Gasteiger partial charge in [0.1, 0.15) is 5.82 Å². The lowest BCUT2D eigenvalue weighted by Gasteiger charge is -2.11. The molecule has 0 bridgehead atoms. The third-order valence-corrected chi connectivity index (χ3v) is 3.23. The molecule has 0 saturated carbocycles. The Morgan fingerprint density at radius 2 is 2.35 bits per heavy atom. The van der Waals surface area contributed by atoms with Crippen molar-refractivity contribution in [3.63, 3.8) is 0 Å². The molecule has 1 rings (SSSR count). The van der Waals surface area contributed by atoms with Crippen LogP contribution in [0.15, 0.2) is 12.4 Å². The number of sulfonamides is 1. The number of hydrogen-bond donors (Lipinski definition) is 2. The van der Waals surface area contributed by atoms with Crippen molar-refractivity contribution in [2.24, 2.45) is 0 Å². The summed E-state index contributed by atoms with van der Waals surface area (Å²) >= 11 is 0. The van der Waals surface area contributed by atoms with Gasteiger partial charge in [-0.25, -0.2) is 18.1 Å². The van der Waals surface area contributed by atoms with E-state index in [4.69, 9.17) is 0 Å². The number of nitrogens with one attached hydrogen (secondary N) is 2. The molecule has 1 aromatic heterocycles. The van der Waals surface area contributed by atoms with Crippen LogP contribution in [-0.2, 0) is 19.6 Å². The highest BCUT2D eigenvalue weighted by molar-refractivity contribution is 7.90. The molecule has 1 atom stereocenters. The highest BCUT2D eigenvalue weighted by Gasteiger charge is 2.21. The zero-order valence-electron chi connectivity index (χ0n) is 9.63. The van der Waals surface area contributed by atoms with Crippen molar-refractivity contribution in [1.29, 1.82) is 0 Å². The van der Waals surface area contributed by atoms with Crippen LogP contribution in [0.3, 0.4) is 0 Å². The molecule has 1 heterocycles. The van der Waals surface area contributed by atoms with Crippen LogP contribution in [0.2, 0.25) is 0 Å². The molecule has 1 unspecified atom stereocenters. The fraction of sp³-hybridized carbons (Fsp3) is 0.556. The van der Waals surface area contributed by atoms with Gasteiger partial charge in [0.15, 0.2) is 5.75 Å². The number of nitrogens with zero attached hydrogens (tertiary/aromatic N) is 1. The van der Waals surface area contributed by atoms with Crippen LogP contribution >= 0.6 is 0 Å². The minimum atomic E-state index is -3.71. The number of imidazole rings is 1. The van der Waals surface area contributed by atoms with Crippen LogP contribution in [0.5, 0.6) is 0 Å². The molecule has 8 heteroatoms. The lowest BCUT2D eigenvalue weighted by molar-refractivity contribution is -0.139. The first kappa shape index (κ1) is 13.7. The van der Waals surface area contributed by atoms with E-state index in [0.29, 0.717) is 5.82 Å². The van der Waals surface area contributed by atoms with Crippen LogP contribution in [-0.4, -0.2) is 36.7 Å². The maximum Gasteiger partial charge on any atom is 0.322 e. The lowest BCUT2D eigenvalue weighted by Crippen LogP contribution is -2.33. The van der Waals surface area contributed by atoms with E-state index in [2.05, 4.69) is 19.4 Å². The SMILES string of the molecule is CCOC(=O)CS(=O)(=O)NC(C)c1ncc[nH]1. The Hall–Kier alpha value is -1.41. The third-order valence-electron chi connectivity index (χ3n) is 1.90. The van der Waals surface area contributed by atoms with Gasteiger partial charge in [-0.3, -0.25) is 4.79 Å². The van der Waals surface area contributed by atoms with Crippen molar-refractivity contribution in [3.8, 4) is 0 Å². The summed E-state index contributed by atoms with van der Waals surface area (Å²) < 4.78 is 30.0. The summed E-state index contributed by atoms with van der Waals surface area (Å²) in [6.45, 7) is 3.40. The van der Waals surface area contributed by atoms with E-state index < -0.39 is 27.8 Å². The van der Waals surface area contributed by atoms with Gasteiger partial charge in [-0.05, 0) is 13.8 Å². The minimum absolute atomic E-state index is 0.155. The molecule has 17 heavy (non-hydrogen) atoms. The number of esters is 1. The molecule has 0 aromatic carbocycles. The number of aromatic amines is 1. The first-order chi connectivity index (χ1) is 7.94. The van der Waals surface area contributed by atoms with Crippen molar-refractivity contribution in [1.82, 2.24) is 14.7 Å². The molecule has 0 saturated heterocycles. The Morgan fingerprint density at radius 3 is 2.88 bits per heavy atom. The zero-order chi connectivity index (χ0) is 12.9.